The van der Waals surface area contributed by atoms with E-state index in [1.807, 2.05) is 31.2 Å². The Morgan fingerprint density at radius 3 is 2.44 bits per heavy atom. The molecule has 0 unspecified atom stereocenters. The summed E-state index contributed by atoms with van der Waals surface area (Å²) in [7, 11) is 0. The average molecular weight is 381 g/mol. The molecular weight excluding hydrogens is 360 g/mol. The fourth-order valence-corrected chi connectivity index (χ4v) is 3.45. The lowest BCUT2D eigenvalue weighted by Crippen LogP contribution is -2.46. The van der Waals surface area contributed by atoms with Gasteiger partial charge in [0.2, 0.25) is 5.95 Å². The normalized spacial score (nSPS) is 14.3. The van der Waals surface area contributed by atoms with Crippen molar-refractivity contribution in [3.8, 4) is 0 Å². The molecule has 1 aromatic heterocycles. The minimum absolute atomic E-state index is 0.489. The molecule has 1 saturated heterocycles. The van der Waals surface area contributed by atoms with Crippen LogP contribution in [0.3, 0.4) is 0 Å². The molecule has 7 heteroatoms. The van der Waals surface area contributed by atoms with Crippen LogP contribution in [0.15, 0.2) is 54.7 Å². The highest BCUT2D eigenvalue weighted by Crippen LogP contribution is 2.23. The van der Waals surface area contributed by atoms with Crippen LogP contribution in [-0.2, 0) is 0 Å². The second-order valence-corrected chi connectivity index (χ2v) is 6.97. The predicted molar refractivity (Wildman–Crippen MR) is 110 cm³/mol. The number of benzene rings is 2. The zero-order chi connectivity index (χ0) is 18.6. The molecular formula is C20H21ClN6. The molecule has 1 aliphatic rings. The minimum Gasteiger partial charge on any atom is -0.368 e. The molecule has 1 N–H and O–H groups in total. The fourth-order valence-electron chi connectivity index (χ4n) is 3.22. The van der Waals surface area contributed by atoms with Crippen molar-refractivity contribution in [1.29, 1.82) is 0 Å². The summed E-state index contributed by atoms with van der Waals surface area (Å²) in [4.78, 5) is 9.28. The number of aromatic nitrogens is 3. The van der Waals surface area contributed by atoms with Gasteiger partial charge < -0.3 is 15.1 Å². The molecule has 2 aromatic carbocycles. The van der Waals surface area contributed by atoms with Gasteiger partial charge in [-0.05, 0) is 42.8 Å². The Hall–Kier alpha value is -2.86. The van der Waals surface area contributed by atoms with Gasteiger partial charge in [0.1, 0.15) is 0 Å². The maximum Gasteiger partial charge on any atom is 0.249 e. The third kappa shape index (κ3) is 4.11. The smallest absolute Gasteiger partial charge is 0.249 e. The van der Waals surface area contributed by atoms with E-state index >= 15 is 0 Å². The van der Waals surface area contributed by atoms with Crippen molar-refractivity contribution in [2.24, 2.45) is 0 Å². The maximum atomic E-state index is 6.02. The number of halogens is 1. The molecule has 4 rings (SSSR count). The van der Waals surface area contributed by atoms with E-state index in [4.69, 9.17) is 11.6 Å². The van der Waals surface area contributed by atoms with Crippen LogP contribution in [0.4, 0.5) is 23.1 Å². The topological polar surface area (TPSA) is 57.2 Å². The number of hydrogen-bond donors (Lipinski definition) is 1. The summed E-state index contributed by atoms with van der Waals surface area (Å²) in [6.45, 7) is 5.69. The molecule has 0 aliphatic carbocycles. The van der Waals surface area contributed by atoms with Gasteiger partial charge >= 0.3 is 0 Å². The van der Waals surface area contributed by atoms with Crippen molar-refractivity contribution < 1.29 is 0 Å². The van der Waals surface area contributed by atoms with Gasteiger partial charge in [0.05, 0.1) is 6.20 Å². The van der Waals surface area contributed by atoms with E-state index in [2.05, 4.69) is 54.6 Å². The van der Waals surface area contributed by atoms with Crippen molar-refractivity contribution in [3.05, 3.63) is 65.3 Å². The number of hydrogen-bond acceptors (Lipinski definition) is 6. The number of piperazine rings is 1. The summed E-state index contributed by atoms with van der Waals surface area (Å²) in [6.07, 6.45) is 1.72. The van der Waals surface area contributed by atoms with Crippen molar-refractivity contribution >= 4 is 34.7 Å². The number of para-hydroxylation sites is 1. The van der Waals surface area contributed by atoms with Gasteiger partial charge in [-0.15, -0.1) is 5.10 Å². The standard InChI is InChI=1S/C20H21ClN6/c1-15-13-16(21)7-8-18(15)23-20-24-19(14-22-25-20)27-11-9-26(10-12-27)17-5-3-2-4-6-17/h2-8,13-14H,9-12H2,1H3,(H,23,24,25). The highest BCUT2D eigenvalue weighted by atomic mass is 35.5. The monoisotopic (exact) mass is 380 g/mol. The van der Waals surface area contributed by atoms with Gasteiger partial charge in [0.15, 0.2) is 5.82 Å². The Bertz CT molecular complexity index is 909. The number of nitrogens with zero attached hydrogens (tertiary/aromatic N) is 5. The van der Waals surface area contributed by atoms with E-state index in [1.54, 1.807) is 6.20 Å². The quantitative estimate of drug-likeness (QED) is 0.740. The second-order valence-electron chi connectivity index (χ2n) is 6.53. The number of rotatable bonds is 4. The fraction of sp³-hybridized carbons (Fsp3) is 0.250. The Balaban J connectivity index is 1.44. The van der Waals surface area contributed by atoms with E-state index in [9.17, 15) is 0 Å². The molecule has 0 amide bonds. The first kappa shape index (κ1) is 17.5. The van der Waals surface area contributed by atoms with Gasteiger partial charge in [0.25, 0.3) is 0 Å². The first-order valence-electron chi connectivity index (χ1n) is 8.97. The highest BCUT2D eigenvalue weighted by molar-refractivity contribution is 6.30. The molecule has 0 spiro atoms. The van der Waals surface area contributed by atoms with Crippen LogP contribution >= 0.6 is 11.6 Å². The van der Waals surface area contributed by atoms with E-state index in [1.165, 1.54) is 5.69 Å². The van der Waals surface area contributed by atoms with Crippen LogP contribution in [0.2, 0.25) is 5.02 Å². The van der Waals surface area contributed by atoms with E-state index in [0.717, 1.165) is 43.2 Å². The molecule has 0 bridgehead atoms. The summed E-state index contributed by atoms with van der Waals surface area (Å²) in [5, 5.41) is 12.2. The number of aryl methyl sites for hydroxylation is 1. The average Bonchev–Trinajstić information content (AvgIpc) is 2.71. The van der Waals surface area contributed by atoms with Crippen molar-refractivity contribution in [1.82, 2.24) is 15.2 Å². The summed E-state index contributed by atoms with van der Waals surface area (Å²) >= 11 is 6.02. The summed E-state index contributed by atoms with van der Waals surface area (Å²) < 4.78 is 0. The Labute approximate surface area is 163 Å². The summed E-state index contributed by atoms with van der Waals surface area (Å²) in [5.74, 6) is 1.33. The molecule has 0 atom stereocenters. The van der Waals surface area contributed by atoms with Crippen LogP contribution in [0.1, 0.15) is 5.56 Å². The van der Waals surface area contributed by atoms with E-state index in [0.29, 0.717) is 11.0 Å². The first-order valence-corrected chi connectivity index (χ1v) is 9.35. The van der Waals surface area contributed by atoms with Crippen LogP contribution in [0.5, 0.6) is 0 Å². The number of nitrogens with one attached hydrogen (secondary N) is 1. The zero-order valence-electron chi connectivity index (χ0n) is 15.1. The summed E-state index contributed by atoms with van der Waals surface area (Å²) in [6, 6.07) is 16.2. The third-order valence-electron chi connectivity index (χ3n) is 4.71. The third-order valence-corrected chi connectivity index (χ3v) is 4.94. The van der Waals surface area contributed by atoms with E-state index < -0.39 is 0 Å². The van der Waals surface area contributed by atoms with Crippen LogP contribution in [0.25, 0.3) is 0 Å². The molecule has 27 heavy (non-hydrogen) atoms. The second kappa shape index (κ2) is 7.80. The molecule has 6 nitrogen and oxygen atoms in total. The van der Waals surface area contributed by atoms with E-state index in [-0.39, 0.29) is 0 Å². The summed E-state index contributed by atoms with van der Waals surface area (Å²) in [5.41, 5.74) is 3.22. The Kier molecular flexibility index (Phi) is 5.07. The van der Waals surface area contributed by atoms with Gasteiger partial charge in [-0.2, -0.15) is 10.1 Å². The lowest BCUT2D eigenvalue weighted by molar-refractivity contribution is 0.645. The van der Waals surface area contributed by atoms with Gasteiger partial charge in [-0.25, -0.2) is 0 Å². The van der Waals surface area contributed by atoms with Crippen LogP contribution in [-0.4, -0.2) is 41.4 Å². The van der Waals surface area contributed by atoms with Gasteiger partial charge in [-0.3, -0.25) is 0 Å². The van der Waals surface area contributed by atoms with Crippen molar-refractivity contribution in [2.75, 3.05) is 41.3 Å². The minimum atomic E-state index is 0.489. The molecule has 0 saturated carbocycles. The van der Waals surface area contributed by atoms with Crippen LogP contribution < -0.4 is 15.1 Å². The lowest BCUT2D eigenvalue weighted by Gasteiger charge is -2.36. The predicted octanol–water partition coefficient (Wildman–Crippen LogP) is 3.90. The lowest BCUT2D eigenvalue weighted by atomic mass is 10.2. The first-order chi connectivity index (χ1) is 13.2. The highest BCUT2D eigenvalue weighted by Gasteiger charge is 2.19. The molecule has 138 valence electrons. The van der Waals surface area contributed by atoms with Crippen molar-refractivity contribution in [2.45, 2.75) is 6.92 Å². The Morgan fingerprint density at radius 2 is 1.70 bits per heavy atom. The van der Waals surface area contributed by atoms with Gasteiger partial charge in [0, 0.05) is 42.6 Å². The Morgan fingerprint density at radius 1 is 0.963 bits per heavy atom. The van der Waals surface area contributed by atoms with Crippen molar-refractivity contribution in [3.63, 3.8) is 0 Å². The maximum absolute atomic E-state index is 6.02. The molecule has 1 fully saturated rings. The van der Waals surface area contributed by atoms with Gasteiger partial charge in [-0.1, -0.05) is 29.8 Å². The molecule has 3 aromatic rings. The zero-order valence-corrected chi connectivity index (χ0v) is 15.9. The van der Waals surface area contributed by atoms with Crippen LogP contribution in [0, 0.1) is 6.92 Å². The largest absolute Gasteiger partial charge is 0.368 e. The molecule has 0 radical (unpaired) electrons. The molecule has 1 aliphatic heterocycles. The SMILES string of the molecule is Cc1cc(Cl)ccc1Nc1nncc(N2CCN(c3ccccc3)CC2)n1. The molecule has 2 heterocycles. The number of anilines is 4.